The molecular weight excluding hydrogens is 295 g/mol. The Morgan fingerprint density at radius 1 is 1.44 bits per heavy atom. The Morgan fingerprint density at radius 2 is 2.17 bits per heavy atom. The van der Waals surface area contributed by atoms with Gasteiger partial charge in [-0.25, -0.2) is 4.98 Å². The van der Waals surface area contributed by atoms with Crippen LogP contribution in [-0.4, -0.2) is 13.9 Å². The average molecular weight is 304 g/mol. The summed E-state index contributed by atoms with van der Waals surface area (Å²) in [6.07, 6.45) is 2.23. The van der Waals surface area contributed by atoms with E-state index >= 15 is 0 Å². The molecule has 0 spiro atoms. The molecule has 18 heavy (non-hydrogen) atoms. The lowest BCUT2D eigenvalue weighted by Gasteiger charge is -2.06. The standard InChI is InChI=1S/C12H9Cl3N2O/c13-8-1-2-9-10(3-8)16-6-17(11(9)18)5-7-4-12(7,14)15/h1-3,6-7H,4-5H2. The minimum atomic E-state index is -0.686. The van der Waals surface area contributed by atoms with Gasteiger partial charge in [0.2, 0.25) is 0 Å². The molecule has 0 amide bonds. The van der Waals surface area contributed by atoms with Gasteiger partial charge in [0.1, 0.15) is 4.33 Å². The number of halogens is 3. The number of alkyl halides is 2. The zero-order chi connectivity index (χ0) is 12.9. The molecule has 1 atom stereocenters. The van der Waals surface area contributed by atoms with E-state index < -0.39 is 4.33 Å². The molecular formula is C12H9Cl3N2O. The van der Waals surface area contributed by atoms with Gasteiger partial charge in [-0.1, -0.05) is 11.6 Å². The van der Waals surface area contributed by atoms with Crippen molar-refractivity contribution in [1.82, 2.24) is 9.55 Å². The number of rotatable bonds is 2. The minimum absolute atomic E-state index is 0.0901. The van der Waals surface area contributed by atoms with E-state index in [0.29, 0.717) is 28.9 Å². The van der Waals surface area contributed by atoms with Crippen molar-refractivity contribution in [2.24, 2.45) is 5.92 Å². The van der Waals surface area contributed by atoms with Gasteiger partial charge in [0, 0.05) is 17.5 Å². The van der Waals surface area contributed by atoms with Crippen molar-refractivity contribution in [1.29, 1.82) is 0 Å². The van der Waals surface area contributed by atoms with E-state index in [1.807, 2.05) is 0 Å². The summed E-state index contributed by atoms with van der Waals surface area (Å²) in [6, 6.07) is 5.04. The molecule has 0 radical (unpaired) electrons. The van der Waals surface area contributed by atoms with Crippen LogP contribution in [0.15, 0.2) is 29.3 Å². The van der Waals surface area contributed by atoms with Crippen LogP contribution < -0.4 is 5.56 Å². The Hall–Kier alpha value is -0.770. The SMILES string of the molecule is O=c1c2ccc(Cl)cc2ncn1CC1CC1(Cl)Cl. The van der Waals surface area contributed by atoms with Gasteiger partial charge in [-0.15, -0.1) is 23.2 Å². The minimum Gasteiger partial charge on any atom is -0.298 e. The van der Waals surface area contributed by atoms with Crippen LogP contribution in [-0.2, 0) is 6.54 Å². The molecule has 0 bridgehead atoms. The zero-order valence-electron chi connectivity index (χ0n) is 9.24. The van der Waals surface area contributed by atoms with E-state index in [-0.39, 0.29) is 11.5 Å². The number of hydrogen-bond acceptors (Lipinski definition) is 2. The summed E-state index contributed by atoms with van der Waals surface area (Å²) in [7, 11) is 0. The normalized spacial score (nSPS) is 21.2. The molecule has 0 N–H and O–H groups in total. The molecule has 1 unspecified atom stereocenters. The van der Waals surface area contributed by atoms with Gasteiger partial charge in [0.05, 0.1) is 17.2 Å². The Kier molecular flexibility index (Phi) is 2.81. The maximum absolute atomic E-state index is 12.2. The maximum Gasteiger partial charge on any atom is 0.261 e. The van der Waals surface area contributed by atoms with Gasteiger partial charge in [0.15, 0.2) is 0 Å². The largest absolute Gasteiger partial charge is 0.298 e. The van der Waals surface area contributed by atoms with Gasteiger partial charge in [-0.3, -0.25) is 9.36 Å². The first-order valence-corrected chi connectivity index (χ1v) is 6.63. The van der Waals surface area contributed by atoms with Crippen LogP contribution in [0.5, 0.6) is 0 Å². The third kappa shape index (κ3) is 2.11. The first-order chi connectivity index (χ1) is 8.47. The molecule has 1 saturated carbocycles. The van der Waals surface area contributed by atoms with Crippen molar-refractivity contribution in [2.45, 2.75) is 17.3 Å². The molecule has 2 aromatic rings. The summed E-state index contributed by atoms with van der Waals surface area (Å²) < 4.78 is 0.863. The van der Waals surface area contributed by atoms with E-state index in [1.165, 1.54) is 6.33 Å². The maximum atomic E-state index is 12.2. The second-order valence-electron chi connectivity index (χ2n) is 4.53. The van der Waals surface area contributed by atoms with Crippen molar-refractivity contribution in [3.8, 4) is 0 Å². The molecule has 1 heterocycles. The van der Waals surface area contributed by atoms with Gasteiger partial charge in [-0.05, 0) is 24.6 Å². The third-order valence-electron chi connectivity index (χ3n) is 3.16. The molecule has 1 aromatic carbocycles. The van der Waals surface area contributed by atoms with Gasteiger partial charge < -0.3 is 0 Å². The molecule has 1 aromatic heterocycles. The molecule has 3 nitrogen and oxygen atoms in total. The van der Waals surface area contributed by atoms with Gasteiger partial charge in [0.25, 0.3) is 5.56 Å². The highest BCUT2D eigenvalue weighted by Gasteiger charge is 2.51. The average Bonchev–Trinajstić information content (AvgIpc) is 2.90. The molecule has 94 valence electrons. The summed E-state index contributed by atoms with van der Waals surface area (Å²) in [4.78, 5) is 16.4. The molecule has 3 rings (SSSR count). The summed E-state index contributed by atoms with van der Waals surface area (Å²) in [5.41, 5.74) is 0.509. The summed E-state index contributed by atoms with van der Waals surface area (Å²) in [5.74, 6) is 0.116. The van der Waals surface area contributed by atoms with E-state index in [1.54, 1.807) is 22.8 Å². The predicted octanol–water partition coefficient (Wildman–Crippen LogP) is 3.24. The lowest BCUT2D eigenvalue weighted by Crippen LogP contribution is -2.22. The molecule has 1 fully saturated rings. The van der Waals surface area contributed by atoms with Crippen LogP contribution in [0.3, 0.4) is 0 Å². The lowest BCUT2D eigenvalue weighted by molar-refractivity contribution is 0.597. The molecule has 1 aliphatic rings. The van der Waals surface area contributed by atoms with Crippen LogP contribution in [0, 0.1) is 5.92 Å². The molecule has 1 aliphatic carbocycles. The highest BCUT2D eigenvalue weighted by molar-refractivity contribution is 6.50. The van der Waals surface area contributed by atoms with Crippen molar-refractivity contribution in [2.75, 3.05) is 0 Å². The fourth-order valence-corrected chi connectivity index (χ4v) is 2.64. The van der Waals surface area contributed by atoms with Gasteiger partial charge in [-0.2, -0.15) is 0 Å². The van der Waals surface area contributed by atoms with E-state index in [0.717, 1.165) is 0 Å². The van der Waals surface area contributed by atoms with Crippen LogP contribution in [0.25, 0.3) is 10.9 Å². The van der Waals surface area contributed by atoms with Crippen molar-refractivity contribution in [3.05, 3.63) is 39.9 Å². The number of aromatic nitrogens is 2. The monoisotopic (exact) mass is 302 g/mol. The molecule has 0 saturated heterocycles. The van der Waals surface area contributed by atoms with Crippen molar-refractivity contribution < 1.29 is 0 Å². The van der Waals surface area contributed by atoms with Crippen molar-refractivity contribution in [3.63, 3.8) is 0 Å². The number of nitrogens with zero attached hydrogens (tertiary/aromatic N) is 2. The summed E-state index contributed by atoms with van der Waals surface area (Å²) >= 11 is 17.8. The van der Waals surface area contributed by atoms with E-state index in [9.17, 15) is 4.79 Å². The van der Waals surface area contributed by atoms with Crippen LogP contribution in [0.4, 0.5) is 0 Å². The van der Waals surface area contributed by atoms with E-state index in [4.69, 9.17) is 34.8 Å². The second-order valence-corrected chi connectivity index (χ2v) is 6.50. The zero-order valence-corrected chi connectivity index (χ0v) is 11.5. The topological polar surface area (TPSA) is 34.9 Å². The smallest absolute Gasteiger partial charge is 0.261 e. The fourth-order valence-electron chi connectivity index (χ4n) is 1.97. The van der Waals surface area contributed by atoms with Crippen molar-refractivity contribution >= 4 is 45.7 Å². The number of hydrogen-bond donors (Lipinski definition) is 0. The Morgan fingerprint density at radius 3 is 2.83 bits per heavy atom. The molecule has 6 heteroatoms. The summed E-state index contributed by atoms with van der Waals surface area (Å²) in [6.45, 7) is 0.497. The van der Waals surface area contributed by atoms with Crippen LogP contribution >= 0.6 is 34.8 Å². The fraction of sp³-hybridized carbons (Fsp3) is 0.333. The quantitative estimate of drug-likeness (QED) is 0.798. The molecule has 0 aliphatic heterocycles. The second kappa shape index (κ2) is 4.12. The number of fused-ring (bicyclic) bond motifs is 1. The van der Waals surface area contributed by atoms with Gasteiger partial charge >= 0.3 is 0 Å². The Balaban J connectivity index is 2.02. The van der Waals surface area contributed by atoms with Crippen LogP contribution in [0.1, 0.15) is 6.42 Å². The lowest BCUT2D eigenvalue weighted by atomic mass is 10.2. The van der Waals surface area contributed by atoms with Crippen LogP contribution in [0.2, 0.25) is 5.02 Å². The first kappa shape index (κ1) is 12.3. The third-order valence-corrected chi connectivity index (χ3v) is 4.32. The Labute approximate surface area is 118 Å². The Bertz CT molecular complexity index is 681. The summed E-state index contributed by atoms with van der Waals surface area (Å²) in [5, 5.41) is 1.12. The first-order valence-electron chi connectivity index (χ1n) is 5.50. The highest BCUT2D eigenvalue weighted by Crippen LogP contribution is 2.53. The highest BCUT2D eigenvalue weighted by atomic mass is 35.5. The van der Waals surface area contributed by atoms with E-state index in [2.05, 4.69) is 4.98 Å². The predicted molar refractivity (Wildman–Crippen MR) is 73.6 cm³/mol. The number of benzene rings is 1.